The number of rotatable bonds is 3. The predicted molar refractivity (Wildman–Crippen MR) is 80.9 cm³/mol. The molecule has 0 spiro atoms. The predicted octanol–water partition coefficient (Wildman–Crippen LogP) is 3.36. The Morgan fingerprint density at radius 2 is 2.18 bits per heavy atom. The van der Waals surface area contributed by atoms with Crippen LogP contribution in [0.25, 0.3) is 0 Å². The van der Waals surface area contributed by atoms with Crippen LogP contribution in [0.3, 0.4) is 0 Å². The zero-order valence-corrected chi connectivity index (χ0v) is 13.0. The summed E-state index contributed by atoms with van der Waals surface area (Å²) in [6.45, 7) is 6.29. The van der Waals surface area contributed by atoms with Crippen LogP contribution in [0.4, 0.5) is 0 Å². The van der Waals surface area contributed by atoms with Crippen LogP contribution in [-0.2, 0) is 6.54 Å². The summed E-state index contributed by atoms with van der Waals surface area (Å²) in [4.78, 5) is 2.49. The van der Waals surface area contributed by atoms with E-state index in [0.29, 0.717) is 12.8 Å². The number of likely N-dealkylation sites (tertiary alicyclic amines) is 1. The molecule has 4 rings (SSSR count). The molecule has 2 aromatic rings. The minimum atomic E-state index is 0.319. The highest BCUT2D eigenvalue weighted by molar-refractivity contribution is 5.48. The maximum atomic E-state index is 5.63. The van der Waals surface area contributed by atoms with Gasteiger partial charge in [-0.3, -0.25) is 4.90 Å². The molecular weight excluding hydrogens is 280 g/mol. The highest BCUT2D eigenvalue weighted by Crippen LogP contribution is 2.40. The number of ether oxygens (including phenoxy) is 2. The van der Waals surface area contributed by atoms with Crippen molar-refractivity contribution in [3.8, 4) is 11.5 Å². The van der Waals surface area contributed by atoms with Crippen molar-refractivity contribution in [3.63, 3.8) is 0 Å². The molecule has 1 fully saturated rings. The van der Waals surface area contributed by atoms with E-state index in [2.05, 4.69) is 16.1 Å². The number of hydrogen-bond donors (Lipinski definition) is 0. The average Bonchev–Trinajstić information content (AvgIpc) is 3.21. The monoisotopic (exact) mass is 300 g/mol. The summed E-state index contributed by atoms with van der Waals surface area (Å²) in [5, 5.41) is 4.11. The van der Waals surface area contributed by atoms with Gasteiger partial charge in [-0.2, -0.15) is 0 Å². The summed E-state index contributed by atoms with van der Waals surface area (Å²) in [6, 6.07) is 6.49. The van der Waals surface area contributed by atoms with Gasteiger partial charge in [0, 0.05) is 23.7 Å². The number of para-hydroxylation sites is 1. The molecule has 116 valence electrons. The van der Waals surface area contributed by atoms with Crippen molar-refractivity contribution in [2.45, 2.75) is 39.3 Å². The largest absolute Gasteiger partial charge is 0.454 e. The molecular formula is C17H20N2O3. The van der Waals surface area contributed by atoms with Gasteiger partial charge in [0.1, 0.15) is 5.76 Å². The summed E-state index contributed by atoms with van der Waals surface area (Å²) in [5.74, 6) is 2.68. The summed E-state index contributed by atoms with van der Waals surface area (Å²) in [6.07, 6.45) is 2.34. The molecule has 3 heterocycles. The Hall–Kier alpha value is -2.01. The molecule has 1 saturated heterocycles. The third-order valence-electron chi connectivity index (χ3n) is 4.64. The number of benzene rings is 1. The van der Waals surface area contributed by atoms with Gasteiger partial charge in [-0.05, 0) is 39.3 Å². The van der Waals surface area contributed by atoms with E-state index in [4.69, 9.17) is 14.0 Å². The normalized spacial score (nSPS) is 20.7. The fourth-order valence-corrected chi connectivity index (χ4v) is 3.64. The van der Waals surface area contributed by atoms with Gasteiger partial charge in [-0.25, -0.2) is 0 Å². The molecule has 0 bridgehead atoms. The van der Waals surface area contributed by atoms with E-state index in [1.165, 1.54) is 17.5 Å². The van der Waals surface area contributed by atoms with Gasteiger partial charge in [0.2, 0.25) is 6.79 Å². The van der Waals surface area contributed by atoms with Crippen LogP contribution in [0.2, 0.25) is 0 Å². The standard InChI is InChI=1S/C17H20N2O3/c1-11-16(12(2)22-18-11)14-6-4-8-19(14)9-13-5-3-7-15-17(13)21-10-20-15/h3,5,7,14H,4,6,8-10H2,1-2H3/t14-/m1/s1. The van der Waals surface area contributed by atoms with Crippen LogP contribution in [-0.4, -0.2) is 23.4 Å². The Morgan fingerprint density at radius 1 is 1.27 bits per heavy atom. The van der Waals surface area contributed by atoms with Gasteiger partial charge in [0.25, 0.3) is 0 Å². The molecule has 0 aliphatic carbocycles. The van der Waals surface area contributed by atoms with Gasteiger partial charge < -0.3 is 14.0 Å². The van der Waals surface area contributed by atoms with Crippen molar-refractivity contribution in [2.75, 3.05) is 13.3 Å². The average molecular weight is 300 g/mol. The van der Waals surface area contributed by atoms with Crippen LogP contribution in [0.5, 0.6) is 11.5 Å². The molecule has 0 radical (unpaired) electrons. The molecule has 0 amide bonds. The Labute approximate surface area is 129 Å². The first kappa shape index (κ1) is 13.6. The van der Waals surface area contributed by atoms with Crippen LogP contribution in [0, 0.1) is 13.8 Å². The van der Waals surface area contributed by atoms with Crippen molar-refractivity contribution in [3.05, 3.63) is 40.8 Å². The molecule has 5 nitrogen and oxygen atoms in total. The van der Waals surface area contributed by atoms with E-state index in [0.717, 1.165) is 42.5 Å². The first-order chi connectivity index (χ1) is 10.7. The van der Waals surface area contributed by atoms with Gasteiger partial charge in [-0.1, -0.05) is 17.3 Å². The second kappa shape index (κ2) is 5.32. The van der Waals surface area contributed by atoms with Crippen LogP contribution in [0.15, 0.2) is 22.7 Å². The lowest BCUT2D eigenvalue weighted by molar-refractivity contribution is 0.171. The van der Waals surface area contributed by atoms with E-state index >= 15 is 0 Å². The number of aryl methyl sites for hydroxylation is 2. The Bertz CT molecular complexity index is 676. The van der Waals surface area contributed by atoms with Crippen LogP contribution < -0.4 is 9.47 Å². The second-order valence-corrected chi connectivity index (χ2v) is 6.02. The highest BCUT2D eigenvalue weighted by Gasteiger charge is 2.31. The van der Waals surface area contributed by atoms with Crippen molar-refractivity contribution in [1.82, 2.24) is 10.1 Å². The fraction of sp³-hybridized carbons (Fsp3) is 0.471. The smallest absolute Gasteiger partial charge is 0.231 e. The number of nitrogens with zero attached hydrogens (tertiary/aromatic N) is 2. The molecule has 5 heteroatoms. The maximum absolute atomic E-state index is 5.63. The highest BCUT2D eigenvalue weighted by atomic mass is 16.7. The van der Waals surface area contributed by atoms with E-state index < -0.39 is 0 Å². The van der Waals surface area contributed by atoms with Crippen molar-refractivity contribution in [1.29, 1.82) is 0 Å². The van der Waals surface area contributed by atoms with Gasteiger partial charge in [0.05, 0.1) is 5.69 Å². The quantitative estimate of drug-likeness (QED) is 0.870. The van der Waals surface area contributed by atoms with Crippen molar-refractivity contribution >= 4 is 0 Å². The molecule has 1 atom stereocenters. The SMILES string of the molecule is Cc1noc(C)c1[C@H]1CCCN1Cc1cccc2c1OCO2. The van der Waals surface area contributed by atoms with Crippen molar-refractivity contribution < 1.29 is 14.0 Å². The molecule has 1 aromatic heterocycles. The van der Waals surface area contributed by atoms with Crippen molar-refractivity contribution in [2.24, 2.45) is 0 Å². The van der Waals surface area contributed by atoms with Crippen LogP contribution in [0.1, 0.15) is 41.5 Å². The lowest BCUT2D eigenvalue weighted by Gasteiger charge is -2.25. The molecule has 0 saturated carbocycles. The fourth-order valence-electron chi connectivity index (χ4n) is 3.64. The second-order valence-electron chi connectivity index (χ2n) is 6.02. The third kappa shape index (κ3) is 2.16. The lowest BCUT2D eigenvalue weighted by Crippen LogP contribution is -2.23. The third-order valence-corrected chi connectivity index (χ3v) is 4.64. The Kier molecular flexibility index (Phi) is 3.30. The van der Waals surface area contributed by atoms with E-state index in [1.807, 2.05) is 26.0 Å². The number of hydrogen-bond acceptors (Lipinski definition) is 5. The summed E-state index contributed by atoms with van der Waals surface area (Å²) < 4.78 is 16.5. The first-order valence-corrected chi connectivity index (χ1v) is 7.78. The molecule has 22 heavy (non-hydrogen) atoms. The number of aromatic nitrogens is 1. The minimum Gasteiger partial charge on any atom is -0.454 e. The van der Waals surface area contributed by atoms with E-state index in [-0.39, 0.29) is 0 Å². The number of fused-ring (bicyclic) bond motifs is 1. The van der Waals surface area contributed by atoms with Gasteiger partial charge >= 0.3 is 0 Å². The summed E-state index contributed by atoms with van der Waals surface area (Å²) >= 11 is 0. The maximum Gasteiger partial charge on any atom is 0.231 e. The Balaban J connectivity index is 1.62. The molecule has 0 unspecified atom stereocenters. The van der Waals surface area contributed by atoms with Gasteiger partial charge in [0.15, 0.2) is 11.5 Å². The molecule has 1 aromatic carbocycles. The van der Waals surface area contributed by atoms with E-state index in [9.17, 15) is 0 Å². The lowest BCUT2D eigenvalue weighted by atomic mass is 10.0. The molecule has 2 aliphatic heterocycles. The Morgan fingerprint density at radius 3 is 3.00 bits per heavy atom. The zero-order valence-electron chi connectivity index (χ0n) is 13.0. The first-order valence-electron chi connectivity index (χ1n) is 7.78. The van der Waals surface area contributed by atoms with Crippen LogP contribution >= 0.6 is 0 Å². The summed E-state index contributed by atoms with van der Waals surface area (Å²) in [5.41, 5.74) is 3.45. The topological polar surface area (TPSA) is 47.7 Å². The van der Waals surface area contributed by atoms with E-state index in [1.54, 1.807) is 0 Å². The summed E-state index contributed by atoms with van der Waals surface area (Å²) in [7, 11) is 0. The van der Waals surface area contributed by atoms with Gasteiger partial charge in [-0.15, -0.1) is 0 Å². The minimum absolute atomic E-state index is 0.319. The molecule has 0 N–H and O–H groups in total. The molecule has 2 aliphatic rings. The zero-order chi connectivity index (χ0) is 15.1.